The Kier molecular flexibility index (Phi) is 4.47. The monoisotopic (exact) mass is 313 g/mol. The number of anilines is 2. The van der Waals surface area contributed by atoms with Gasteiger partial charge in [-0.2, -0.15) is 0 Å². The first kappa shape index (κ1) is 15.4. The Balaban J connectivity index is 1.84. The lowest BCUT2D eigenvalue weighted by atomic mass is 10.2. The van der Waals surface area contributed by atoms with Gasteiger partial charge in [-0.05, 0) is 38.4 Å². The number of likely N-dealkylation sites (tertiary alicyclic amines) is 1. The maximum absolute atomic E-state index is 11.0. The van der Waals surface area contributed by atoms with Gasteiger partial charge in [0.05, 0.1) is 12.6 Å². The minimum atomic E-state index is -0.823. The number of aliphatic carboxylic acids is 1. The first-order chi connectivity index (χ1) is 11.1. The molecule has 3 rings (SSSR count). The number of carbonyl (C=O) groups is 1. The zero-order valence-corrected chi connectivity index (χ0v) is 12.9. The summed E-state index contributed by atoms with van der Waals surface area (Å²) in [4.78, 5) is 26.2. The fourth-order valence-electron chi connectivity index (χ4n) is 2.85. The summed E-state index contributed by atoms with van der Waals surface area (Å²) >= 11 is 0. The molecule has 1 saturated heterocycles. The van der Waals surface area contributed by atoms with Crippen molar-refractivity contribution >= 4 is 17.6 Å². The second-order valence-electron chi connectivity index (χ2n) is 5.61. The van der Waals surface area contributed by atoms with Gasteiger partial charge in [-0.15, -0.1) is 0 Å². The topological polar surface area (TPSA) is 91.2 Å². The molecule has 1 atom stereocenters. The van der Waals surface area contributed by atoms with E-state index < -0.39 is 5.97 Å². The average molecular weight is 313 g/mol. The third-order valence-electron chi connectivity index (χ3n) is 3.79. The SMILES string of the molecule is Cc1cc(Nc2ccccn2)nc(C2CCCN2CC(=O)O)n1. The van der Waals surface area contributed by atoms with E-state index in [2.05, 4.69) is 20.3 Å². The van der Waals surface area contributed by atoms with Crippen LogP contribution in [0.25, 0.3) is 0 Å². The van der Waals surface area contributed by atoms with E-state index in [4.69, 9.17) is 5.11 Å². The molecule has 2 aromatic heterocycles. The minimum Gasteiger partial charge on any atom is -0.480 e. The molecule has 0 amide bonds. The predicted octanol–water partition coefficient (Wildman–Crippen LogP) is 2.15. The summed E-state index contributed by atoms with van der Waals surface area (Å²) in [6.07, 6.45) is 3.54. The zero-order valence-electron chi connectivity index (χ0n) is 12.9. The molecule has 1 fully saturated rings. The molecule has 0 radical (unpaired) electrons. The van der Waals surface area contributed by atoms with Crippen molar-refractivity contribution in [3.63, 3.8) is 0 Å². The third kappa shape index (κ3) is 3.81. The highest BCUT2D eigenvalue weighted by molar-refractivity contribution is 5.69. The molecule has 2 N–H and O–H groups in total. The maximum Gasteiger partial charge on any atom is 0.317 e. The van der Waals surface area contributed by atoms with Gasteiger partial charge in [0.15, 0.2) is 0 Å². The van der Waals surface area contributed by atoms with Crippen molar-refractivity contribution < 1.29 is 9.90 Å². The number of hydrogen-bond acceptors (Lipinski definition) is 6. The highest BCUT2D eigenvalue weighted by Gasteiger charge is 2.30. The predicted molar refractivity (Wildman–Crippen MR) is 85.5 cm³/mol. The number of pyridine rings is 1. The number of aryl methyl sites for hydroxylation is 1. The molecule has 0 bridgehead atoms. The number of nitrogens with one attached hydrogen (secondary N) is 1. The van der Waals surface area contributed by atoms with E-state index in [1.54, 1.807) is 6.20 Å². The van der Waals surface area contributed by atoms with Crippen LogP contribution in [-0.2, 0) is 4.79 Å². The molecule has 2 aromatic rings. The van der Waals surface area contributed by atoms with Gasteiger partial charge in [-0.25, -0.2) is 15.0 Å². The number of aromatic nitrogens is 3. The Hall–Kier alpha value is -2.54. The average Bonchev–Trinajstić information content (AvgIpc) is 2.95. The minimum absolute atomic E-state index is 0.0188. The molecule has 120 valence electrons. The normalized spacial score (nSPS) is 18.0. The van der Waals surface area contributed by atoms with Gasteiger partial charge in [0.2, 0.25) is 0 Å². The summed E-state index contributed by atoms with van der Waals surface area (Å²) in [6, 6.07) is 7.42. The number of hydrogen-bond donors (Lipinski definition) is 2. The highest BCUT2D eigenvalue weighted by atomic mass is 16.4. The van der Waals surface area contributed by atoms with Gasteiger partial charge in [0, 0.05) is 18.0 Å². The van der Waals surface area contributed by atoms with E-state index in [9.17, 15) is 4.79 Å². The van der Waals surface area contributed by atoms with Crippen LogP contribution < -0.4 is 5.32 Å². The van der Waals surface area contributed by atoms with E-state index in [0.29, 0.717) is 17.5 Å². The van der Waals surface area contributed by atoms with Crippen LogP contribution >= 0.6 is 0 Å². The summed E-state index contributed by atoms with van der Waals surface area (Å²) in [5.41, 5.74) is 0.843. The number of carboxylic acids is 1. The van der Waals surface area contributed by atoms with Crippen molar-refractivity contribution in [1.29, 1.82) is 0 Å². The van der Waals surface area contributed by atoms with Gasteiger partial charge in [-0.3, -0.25) is 9.69 Å². The summed E-state index contributed by atoms with van der Waals surface area (Å²) in [5, 5.41) is 12.2. The largest absolute Gasteiger partial charge is 0.480 e. The quantitative estimate of drug-likeness (QED) is 0.873. The lowest BCUT2D eigenvalue weighted by molar-refractivity contribution is -0.138. The fraction of sp³-hybridized carbons (Fsp3) is 0.375. The summed E-state index contributed by atoms with van der Waals surface area (Å²) < 4.78 is 0. The first-order valence-corrected chi connectivity index (χ1v) is 7.61. The van der Waals surface area contributed by atoms with E-state index in [-0.39, 0.29) is 12.6 Å². The van der Waals surface area contributed by atoms with Gasteiger partial charge in [-0.1, -0.05) is 6.07 Å². The second-order valence-corrected chi connectivity index (χ2v) is 5.61. The summed E-state index contributed by atoms with van der Waals surface area (Å²) in [5.74, 6) is 1.23. The molecule has 3 heterocycles. The Bertz CT molecular complexity index is 692. The molecule has 0 saturated carbocycles. The van der Waals surface area contributed by atoms with Crippen LogP contribution in [0.5, 0.6) is 0 Å². The molecular weight excluding hydrogens is 294 g/mol. The van der Waals surface area contributed by atoms with Crippen molar-refractivity contribution in [2.75, 3.05) is 18.4 Å². The standard InChI is InChI=1S/C16H19N5O2/c1-11-9-14(19-13-6-2-3-7-17-13)20-16(18-11)12-5-4-8-21(12)10-15(22)23/h2-3,6-7,9,12H,4-5,8,10H2,1H3,(H,22,23)(H,17,18,19,20). The van der Waals surface area contributed by atoms with Crippen molar-refractivity contribution in [2.45, 2.75) is 25.8 Å². The Morgan fingerprint density at radius 2 is 2.26 bits per heavy atom. The van der Waals surface area contributed by atoms with Crippen LogP contribution in [0.1, 0.15) is 30.4 Å². The van der Waals surface area contributed by atoms with E-state index >= 15 is 0 Å². The van der Waals surface area contributed by atoms with Crippen molar-refractivity contribution in [3.8, 4) is 0 Å². The fourth-order valence-corrected chi connectivity index (χ4v) is 2.85. The molecule has 0 aliphatic carbocycles. The Morgan fingerprint density at radius 3 is 3.00 bits per heavy atom. The smallest absolute Gasteiger partial charge is 0.317 e. The molecule has 1 unspecified atom stereocenters. The maximum atomic E-state index is 11.0. The molecule has 0 spiro atoms. The van der Waals surface area contributed by atoms with Crippen molar-refractivity contribution in [2.24, 2.45) is 0 Å². The molecule has 1 aliphatic heterocycles. The van der Waals surface area contributed by atoms with Crippen LogP contribution in [0.2, 0.25) is 0 Å². The molecular formula is C16H19N5O2. The van der Waals surface area contributed by atoms with E-state index in [0.717, 1.165) is 25.1 Å². The van der Waals surface area contributed by atoms with Crippen LogP contribution in [0.15, 0.2) is 30.5 Å². The number of carboxylic acid groups (broad SMARTS) is 1. The second kappa shape index (κ2) is 6.70. The van der Waals surface area contributed by atoms with Gasteiger partial charge in [0.1, 0.15) is 17.5 Å². The van der Waals surface area contributed by atoms with Crippen molar-refractivity contribution in [3.05, 3.63) is 42.0 Å². The molecule has 1 aliphatic rings. The van der Waals surface area contributed by atoms with Gasteiger partial charge >= 0.3 is 5.97 Å². The molecule has 23 heavy (non-hydrogen) atoms. The third-order valence-corrected chi connectivity index (χ3v) is 3.79. The van der Waals surface area contributed by atoms with Crippen molar-refractivity contribution in [1.82, 2.24) is 19.9 Å². The molecule has 0 aromatic carbocycles. The van der Waals surface area contributed by atoms with Crippen LogP contribution in [0.3, 0.4) is 0 Å². The van der Waals surface area contributed by atoms with Crippen LogP contribution in [0.4, 0.5) is 11.6 Å². The van der Waals surface area contributed by atoms with Crippen LogP contribution in [-0.4, -0.2) is 44.0 Å². The van der Waals surface area contributed by atoms with E-state index in [1.165, 1.54) is 0 Å². The number of rotatable bonds is 5. The van der Waals surface area contributed by atoms with Crippen LogP contribution in [0, 0.1) is 6.92 Å². The molecule has 7 nitrogen and oxygen atoms in total. The number of nitrogens with zero attached hydrogens (tertiary/aromatic N) is 4. The first-order valence-electron chi connectivity index (χ1n) is 7.61. The summed E-state index contributed by atoms with van der Waals surface area (Å²) in [6.45, 7) is 2.69. The summed E-state index contributed by atoms with van der Waals surface area (Å²) in [7, 11) is 0. The van der Waals surface area contributed by atoms with Gasteiger partial charge < -0.3 is 10.4 Å². The lowest BCUT2D eigenvalue weighted by Gasteiger charge is -2.22. The molecule has 7 heteroatoms. The zero-order chi connectivity index (χ0) is 16.2. The highest BCUT2D eigenvalue weighted by Crippen LogP contribution is 2.30. The Morgan fingerprint density at radius 1 is 1.39 bits per heavy atom. The Labute approximate surface area is 134 Å². The van der Waals surface area contributed by atoms with Gasteiger partial charge in [0.25, 0.3) is 0 Å². The van der Waals surface area contributed by atoms with E-state index in [1.807, 2.05) is 36.1 Å². The lowest BCUT2D eigenvalue weighted by Crippen LogP contribution is -2.30.